The van der Waals surface area contributed by atoms with Gasteiger partial charge in [-0.25, -0.2) is 0 Å². The highest BCUT2D eigenvalue weighted by Crippen LogP contribution is 2.39. The number of rotatable bonds is 0. The summed E-state index contributed by atoms with van der Waals surface area (Å²) in [6.45, 7) is 3.96. The summed E-state index contributed by atoms with van der Waals surface area (Å²) in [6.07, 6.45) is 3.99. The molecule has 0 spiro atoms. The molecule has 0 radical (unpaired) electrons. The SMILES string of the molecule is CC1=CC2CC(=O)CC(C)C2CC1=O. The third kappa shape index (κ3) is 1.54. The van der Waals surface area contributed by atoms with E-state index in [4.69, 9.17) is 0 Å². The Labute approximate surface area is 84.4 Å². The average Bonchev–Trinajstić information content (AvgIpc) is 2.08. The van der Waals surface area contributed by atoms with E-state index >= 15 is 0 Å². The quantitative estimate of drug-likeness (QED) is 0.589. The molecule has 2 nitrogen and oxygen atoms in total. The molecule has 0 heterocycles. The summed E-state index contributed by atoms with van der Waals surface area (Å²) in [6, 6.07) is 0. The molecule has 3 atom stereocenters. The van der Waals surface area contributed by atoms with Crippen LogP contribution < -0.4 is 0 Å². The number of Topliss-reactive ketones (excluding diaryl/α,β-unsaturated/α-hetero) is 2. The first kappa shape index (κ1) is 9.63. The van der Waals surface area contributed by atoms with E-state index in [2.05, 4.69) is 6.92 Å². The lowest BCUT2D eigenvalue weighted by atomic mass is 9.67. The topological polar surface area (TPSA) is 34.1 Å². The molecule has 2 rings (SSSR count). The van der Waals surface area contributed by atoms with Crippen LogP contribution in [-0.4, -0.2) is 11.6 Å². The molecule has 0 aromatic heterocycles. The van der Waals surface area contributed by atoms with Crippen LogP contribution in [0.1, 0.15) is 33.1 Å². The van der Waals surface area contributed by atoms with Crippen molar-refractivity contribution in [2.75, 3.05) is 0 Å². The molecule has 1 saturated carbocycles. The van der Waals surface area contributed by atoms with Gasteiger partial charge in [-0.15, -0.1) is 0 Å². The Morgan fingerprint density at radius 1 is 1.21 bits per heavy atom. The molecule has 0 aromatic rings. The van der Waals surface area contributed by atoms with Crippen molar-refractivity contribution in [3.05, 3.63) is 11.6 Å². The molecule has 3 unspecified atom stereocenters. The summed E-state index contributed by atoms with van der Waals surface area (Å²) in [5.74, 6) is 1.77. The number of fused-ring (bicyclic) bond motifs is 1. The molecule has 2 aliphatic rings. The zero-order chi connectivity index (χ0) is 10.3. The monoisotopic (exact) mass is 192 g/mol. The largest absolute Gasteiger partial charge is 0.300 e. The fourth-order valence-corrected chi connectivity index (χ4v) is 2.75. The zero-order valence-electron chi connectivity index (χ0n) is 8.75. The average molecular weight is 192 g/mol. The van der Waals surface area contributed by atoms with Crippen LogP contribution in [-0.2, 0) is 9.59 Å². The molecule has 0 aromatic carbocycles. The van der Waals surface area contributed by atoms with E-state index in [1.807, 2.05) is 13.0 Å². The van der Waals surface area contributed by atoms with E-state index in [-0.39, 0.29) is 5.78 Å². The van der Waals surface area contributed by atoms with Gasteiger partial charge in [0.2, 0.25) is 0 Å². The van der Waals surface area contributed by atoms with E-state index in [0.717, 1.165) is 5.57 Å². The van der Waals surface area contributed by atoms with Gasteiger partial charge in [-0.05, 0) is 30.3 Å². The Hall–Kier alpha value is -0.920. The van der Waals surface area contributed by atoms with Crippen molar-refractivity contribution >= 4 is 11.6 Å². The van der Waals surface area contributed by atoms with E-state index in [1.165, 1.54) is 0 Å². The van der Waals surface area contributed by atoms with Crippen LogP contribution in [0.3, 0.4) is 0 Å². The van der Waals surface area contributed by atoms with Crippen LogP contribution >= 0.6 is 0 Å². The van der Waals surface area contributed by atoms with Crippen molar-refractivity contribution in [2.24, 2.45) is 17.8 Å². The lowest BCUT2D eigenvalue weighted by Gasteiger charge is -2.36. The maximum absolute atomic E-state index is 11.5. The van der Waals surface area contributed by atoms with Crippen LogP contribution in [0.4, 0.5) is 0 Å². The van der Waals surface area contributed by atoms with E-state index in [9.17, 15) is 9.59 Å². The van der Waals surface area contributed by atoms with E-state index < -0.39 is 0 Å². The molecular weight excluding hydrogens is 176 g/mol. The van der Waals surface area contributed by atoms with E-state index in [1.54, 1.807) is 0 Å². The Balaban J connectivity index is 2.26. The Bertz CT molecular complexity index is 314. The Morgan fingerprint density at radius 2 is 1.93 bits per heavy atom. The maximum Gasteiger partial charge on any atom is 0.158 e. The lowest BCUT2D eigenvalue weighted by Crippen LogP contribution is -2.35. The first-order valence-corrected chi connectivity index (χ1v) is 5.31. The van der Waals surface area contributed by atoms with Gasteiger partial charge in [-0.3, -0.25) is 9.59 Å². The maximum atomic E-state index is 11.5. The van der Waals surface area contributed by atoms with Crippen molar-refractivity contribution in [3.8, 4) is 0 Å². The third-order valence-electron chi connectivity index (χ3n) is 3.62. The van der Waals surface area contributed by atoms with Crippen molar-refractivity contribution in [3.63, 3.8) is 0 Å². The molecule has 0 amide bonds. The van der Waals surface area contributed by atoms with Crippen LogP contribution in [0.25, 0.3) is 0 Å². The van der Waals surface area contributed by atoms with Crippen molar-refractivity contribution < 1.29 is 9.59 Å². The normalized spacial score (nSPS) is 37.9. The second-order valence-corrected chi connectivity index (χ2v) is 4.73. The summed E-state index contributed by atoms with van der Waals surface area (Å²) in [5, 5.41) is 0. The summed E-state index contributed by atoms with van der Waals surface area (Å²) >= 11 is 0. The molecule has 1 fully saturated rings. The molecule has 76 valence electrons. The summed E-state index contributed by atoms with van der Waals surface area (Å²) < 4.78 is 0. The predicted octanol–water partition coefficient (Wildman–Crippen LogP) is 2.14. The van der Waals surface area contributed by atoms with Crippen LogP contribution in [0.2, 0.25) is 0 Å². The minimum Gasteiger partial charge on any atom is -0.300 e. The number of carbonyl (C=O) groups excluding carboxylic acids is 2. The zero-order valence-corrected chi connectivity index (χ0v) is 8.75. The lowest BCUT2D eigenvalue weighted by molar-refractivity contribution is -0.126. The van der Waals surface area contributed by atoms with Gasteiger partial charge in [0.1, 0.15) is 5.78 Å². The summed E-state index contributed by atoms with van der Waals surface area (Å²) in [7, 11) is 0. The molecule has 2 aliphatic carbocycles. The van der Waals surface area contributed by atoms with Gasteiger partial charge < -0.3 is 0 Å². The highest BCUT2D eigenvalue weighted by Gasteiger charge is 2.37. The van der Waals surface area contributed by atoms with Gasteiger partial charge >= 0.3 is 0 Å². The molecule has 0 bridgehead atoms. The van der Waals surface area contributed by atoms with Crippen LogP contribution in [0.5, 0.6) is 0 Å². The second kappa shape index (κ2) is 3.34. The third-order valence-corrected chi connectivity index (χ3v) is 3.62. The van der Waals surface area contributed by atoms with Gasteiger partial charge in [0, 0.05) is 19.3 Å². The highest BCUT2D eigenvalue weighted by molar-refractivity contribution is 5.96. The number of hydrogen-bond acceptors (Lipinski definition) is 2. The van der Waals surface area contributed by atoms with Crippen molar-refractivity contribution in [1.29, 1.82) is 0 Å². The molecule has 14 heavy (non-hydrogen) atoms. The fourth-order valence-electron chi connectivity index (χ4n) is 2.75. The van der Waals surface area contributed by atoms with Crippen LogP contribution in [0, 0.1) is 17.8 Å². The van der Waals surface area contributed by atoms with Gasteiger partial charge in [0.25, 0.3) is 0 Å². The van der Waals surface area contributed by atoms with Gasteiger partial charge in [-0.2, -0.15) is 0 Å². The molecule has 2 heteroatoms. The standard InChI is InChI=1S/C12H16O2/c1-7-4-10(13)5-9-3-8(2)12(14)6-11(7)9/h3,7,9,11H,4-6H2,1-2H3. The second-order valence-electron chi connectivity index (χ2n) is 4.73. The Kier molecular flexibility index (Phi) is 2.30. The summed E-state index contributed by atoms with van der Waals surface area (Å²) in [4.78, 5) is 22.9. The minimum absolute atomic E-state index is 0.271. The van der Waals surface area contributed by atoms with E-state index in [0.29, 0.717) is 42.8 Å². The van der Waals surface area contributed by atoms with Gasteiger partial charge in [0.15, 0.2) is 5.78 Å². The molecule has 0 aliphatic heterocycles. The first-order valence-electron chi connectivity index (χ1n) is 5.31. The van der Waals surface area contributed by atoms with Gasteiger partial charge in [0.05, 0.1) is 0 Å². The number of allylic oxidation sites excluding steroid dienone is 2. The highest BCUT2D eigenvalue weighted by atomic mass is 16.1. The predicted molar refractivity (Wildman–Crippen MR) is 53.8 cm³/mol. The Morgan fingerprint density at radius 3 is 2.64 bits per heavy atom. The molecule has 0 saturated heterocycles. The molecule has 0 N–H and O–H groups in total. The first-order chi connectivity index (χ1) is 6.58. The van der Waals surface area contributed by atoms with Gasteiger partial charge in [-0.1, -0.05) is 13.0 Å². The molecular formula is C12H16O2. The van der Waals surface area contributed by atoms with Crippen molar-refractivity contribution in [1.82, 2.24) is 0 Å². The smallest absolute Gasteiger partial charge is 0.158 e. The summed E-state index contributed by atoms with van der Waals surface area (Å²) in [5.41, 5.74) is 0.855. The number of ketones is 2. The number of hydrogen-bond donors (Lipinski definition) is 0. The fraction of sp³-hybridized carbons (Fsp3) is 0.667. The van der Waals surface area contributed by atoms with Crippen LogP contribution in [0.15, 0.2) is 11.6 Å². The minimum atomic E-state index is 0.271. The van der Waals surface area contributed by atoms with Crippen molar-refractivity contribution in [2.45, 2.75) is 33.1 Å². The number of carbonyl (C=O) groups is 2.